The summed E-state index contributed by atoms with van der Waals surface area (Å²) in [6, 6.07) is 5.93. The second-order valence-corrected chi connectivity index (χ2v) is 7.81. The van der Waals surface area contributed by atoms with E-state index in [1.54, 1.807) is 24.3 Å². The summed E-state index contributed by atoms with van der Waals surface area (Å²) in [5.74, 6) is -0.930. The van der Waals surface area contributed by atoms with E-state index in [2.05, 4.69) is 21.5 Å². The van der Waals surface area contributed by atoms with Crippen LogP contribution in [0.15, 0.2) is 24.3 Å². The fourth-order valence-corrected chi connectivity index (χ4v) is 2.55. The zero-order valence-electron chi connectivity index (χ0n) is 15.1. The van der Waals surface area contributed by atoms with E-state index in [4.69, 9.17) is 23.8 Å². The van der Waals surface area contributed by atoms with Crippen molar-refractivity contribution in [2.45, 2.75) is 46.2 Å². The topological polar surface area (TPSA) is 82.3 Å². The van der Waals surface area contributed by atoms with Gasteiger partial charge in [-0.1, -0.05) is 37.6 Å². The molecular formula is C17H25ClN4O2S. The lowest BCUT2D eigenvalue weighted by Gasteiger charge is -2.25. The van der Waals surface area contributed by atoms with Gasteiger partial charge in [0.2, 0.25) is 0 Å². The first kappa shape index (κ1) is 21.2. The molecule has 0 saturated heterocycles. The van der Waals surface area contributed by atoms with Gasteiger partial charge in [-0.25, -0.2) is 0 Å². The van der Waals surface area contributed by atoms with Gasteiger partial charge in [0.05, 0.1) is 10.6 Å². The largest absolute Gasteiger partial charge is 0.357 e. The lowest BCUT2D eigenvalue weighted by Crippen LogP contribution is -2.57. The molecule has 0 spiro atoms. The van der Waals surface area contributed by atoms with Crippen molar-refractivity contribution in [3.05, 3.63) is 34.9 Å². The van der Waals surface area contributed by atoms with Crippen molar-refractivity contribution in [3.63, 3.8) is 0 Å². The first-order valence-corrected chi connectivity index (χ1v) is 8.73. The van der Waals surface area contributed by atoms with Crippen LogP contribution in [0, 0.1) is 5.92 Å². The van der Waals surface area contributed by atoms with Gasteiger partial charge in [0.1, 0.15) is 6.04 Å². The maximum Gasteiger partial charge on any atom is 0.261 e. The van der Waals surface area contributed by atoms with E-state index >= 15 is 0 Å². The third kappa shape index (κ3) is 7.27. The van der Waals surface area contributed by atoms with Gasteiger partial charge in [0.25, 0.3) is 11.8 Å². The summed E-state index contributed by atoms with van der Waals surface area (Å²) in [5.41, 5.74) is 5.25. The first-order valence-electron chi connectivity index (χ1n) is 7.94. The standard InChI is InChI=1S/C17H25ClN4O2S/c1-10(2)13(15(24)21-22-16(25)20-17(3,4)5)19-14(23)11-8-6-7-9-12(11)18/h6-10,13H,1-5H3,(H,19,23)(H,21,24)(H2,20,22,25)/t13-/m0/s1. The molecule has 6 nitrogen and oxygen atoms in total. The van der Waals surface area contributed by atoms with Gasteiger partial charge < -0.3 is 10.6 Å². The van der Waals surface area contributed by atoms with E-state index in [0.29, 0.717) is 15.7 Å². The van der Waals surface area contributed by atoms with E-state index in [0.717, 1.165) is 0 Å². The Kier molecular flexibility index (Phi) is 7.63. The van der Waals surface area contributed by atoms with Crippen LogP contribution in [-0.2, 0) is 4.79 Å². The molecule has 0 aliphatic carbocycles. The van der Waals surface area contributed by atoms with E-state index in [1.165, 1.54) is 0 Å². The lowest BCUT2D eigenvalue weighted by atomic mass is 10.0. The number of benzene rings is 1. The molecular weight excluding hydrogens is 360 g/mol. The van der Waals surface area contributed by atoms with Crippen molar-refractivity contribution in [1.29, 1.82) is 0 Å². The highest BCUT2D eigenvalue weighted by molar-refractivity contribution is 7.80. The molecule has 4 N–H and O–H groups in total. The van der Waals surface area contributed by atoms with Gasteiger partial charge in [-0.15, -0.1) is 0 Å². The van der Waals surface area contributed by atoms with Crippen LogP contribution >= 0.6 is 23.8 Å². The van der Waals surface area contributed by atoms with Crippen LogP contribution < -0.4 is 21.5 Å². The molecule has 0 unspecified atom stereocenters. The molecule has 1 atom stereocenters. The van der Waals surface area contributed by atoms with Crippen LogP contribution in [0.1, 0.15) is 45.0 Å². The maximum absolute atomic E-state index is 12.4. The van der Waals surface area contributed by atoms with Crippen molar-refractivity contribution >= 4 is 40.7 Å². The fourth-order valence-electron chi connectivity index (χ4n) is 1.97. The molecule has 0 aliphatic heterocycles. The fraction of sp³-hybridized carbons (Fsp3) is 0.471. The zero-order chi connectivity index (χ0) is 19.2. The number of rotatable bonds is 4. The summed E-state index contributed by atoms with van der Waals surface area (Å²) < 4.78 is 0. The Morgan fingerprint density at radius 3 is 2.24 bits per heavy atom. The summed E-state index contributed by atoms with van der Waals surface area (Å²) in [7, 11) is 0. The van der Waals surface area contributed by atoms with Gasteiger partial charge in [0.15, 0.2) is 5.11 Å². The summed E-state index contributed by atoms with van der Waals surface area (Å²) >= 11 is 11.1. The predicted octanol–water partition coefficient (Wildman–Crippen LogP) is 2.39. The normalized spacial score (nSPS) is 12.3. The minimum absolute atomic E-state index is 0.127. The van der Waals surface area contributed by atoms with Gasteiger partial charge in [-0.05, 0) is 51.0 Å². The Hall–Kier alpha value is -1.86. The third-order valence-corrected chi connectivity index (χ3v) is 3.68. The second-order valence-electron chi connectivity index (χ2n) is 6.99. The number of hydrogen-bond donors (Lipinski definition) is 4. The van der Waals surface area contributed by atoms with E-state index < -0.39 is 17.9 Å². The lowest BCUT2D eigenvalue weighted by molar-refractivity contribution is -0.124. The SMILES string of the molecule is CC(C)[C@H](NC(=O)c1ccccc1Cl)C(=O)NNC(=S)NC(C)(C)C. The molecule has 0 bridgehead atoms. The zero-order valence-corrected chi connectivity index (χ0v) is 16.6. The molecule has 1 aromatic carbocycles. The molecule has 1 aromatic rings. The highest BCUT2D eigenvalue weighted by Gasteiger charge is 2.25. The molecule has 1 rings (SSSR count). The summed E-state index contributed by atoms with van der Waals surface area (Å²) in [4.78, 5) is 24.8. The number of nitrogens with one attached hydrogen (secondary N) is 4. The van der Waals surface area contributed by atoms with E-state index in [9.17, 15) is 9.59 Å². The minimum Gasteiger partial charge on any atom is -0.357 e. The molecule has 8 heteroatoms. The Morgan fingerprint density at radius 1 is 1.12 bits per heavy atom. The smallest absolute Gasteiger partial charge is 0.261 e. The van der Waals surface area contributed by atoms with Crippen LogP contribution in [0.25, 0.3) is 0 Å². The Morgan fingerprint density at radius 2 is 1.72 bits per heavy atom. The second kappa shape index (κ2) is 9.01. The Bertz CT molecular complexity index is 644. The van der Waals surface area contributed by atoms with Crippen molar-refractivity contribution in [3.8, 4) is 0 Å². The van der Waals surface area contributed by atoms with Crippen LogP contribution in [-0.4, -0.2) is 28.5 Å². The quantitative estimate of drug-likeness (QED) is 0.473. The van der Waals surface area contributed by atoms with Crippen molar-refractivity contribution in [1.82, 2.24) is 21.5 Å². The molecule has 0 heterocycles. The average Bonchev–Trinajstić information content (AvgIpc) is 2.48. The molecule has 2 amide bonds. The summed E-state index contributed by atoms with van der Waals surface area (Å²) in [6.45, 7) is 9.52. The van der Waals surface area contributed by atoms with Crippen LogP contribution in [0.3, 0.4) is 0 Å². The van der Waals surface area contributed by atoms with Gasteiger partial charge >= 0.3 is 0 Å². The number of thiocarbonyl (C=S) groups is 1. The first-order chi connectivity index (χ1) is 11.5. The van der Waals surface area contributed by atoms with Crippen molar-refractivity contribution in [2.75, 3.05) is 0 Å². The number of halogens is 1. The molecule has 0 fully saturated rings. The number of carbonyl (C=O) groups excluding carboxylic acids is 2. The Balaban J connectivity index is 2.70. The van der Waals surface area contributed by atoms with Crippen LogP contribution in [0.5, 0.6) is 0 Å². The van der Waals surface area contributed by atoms with Crippen molar-refractivity contribution in [2.24, 2.45) is 5.92 Å². The van der Waals surface area contributed by atoms with E-state index in [1.807, 2.05) is 34.6 Å². The van der Waals surface area contributed by atoms with Gasteiger partial charge in [-0.2, -0.15) is 0 Å². The molecule has 138 valence electrons. The molecule has 0 saturated carbocycles. The summed E-state index contributed by atoms with van der Waals surface area (Å²) in [6.07, 6.45) is 0. The van der Waals surface area contributed by atoms with Crippen molar-refractivity contribution < 1.29 is 9.59 Å². The molecule has 0 radical (unpaired) electrons. The maximum atomic E-state index is 12.4. The highest BCUT2D eigenvalue weighted by Crippen LogP contribution is 2.15. The van der Waals surface area contributed by atoms with E-state index in [-0.39, 0.29) is 11.5 Å². The third-order valence-electron chi connectivity index (χ3n) is 3.14. The number of hydrogen-bond acceptors (Lipinski definition) is 3. The molecule has 0 aromatic heterocycles. The van der Waals surface area contributed by atoms with Crippen LogP contribution in [0.4, 0.5) is 0 Å². The monoisotopic (exact) mass is 384 g/mol. The number of hydrazine groups is 1. The Labute approximate surface area is 159 Å². The molecule has 25 heavy (non-hydrogen) atoms. The number of amides is 2. The minimum atomic E-state index is -0.742. The van der Waals surface area contributed by atoms with Gasteiger partial charge in [0, 0.05) is 5.54 Å². The number of carbonyl (C=O) groups is 2. The average molecular weight is 385 g/mol. The van der Waals surface area contributed by atoms with Crippen LogP contribution in [0.2, 0.25) is 5.02 Å². The summed E-state index contributed by atoms with van der Waals surface area (Å²) in [5, 5.41) is 6.35. The van der Waals surface area contributed by atoms with Gasteiger partial charge in [-0.3, -0.25) is 20.4 Å². The highest BCUT2D eigenvalue weighted by atomic mass is 35.5. The molecule has 0 aliphatic rings. The predicted molar refractivity (Wildman–Crippen MR) is 104 cm³/mol.